The lowest BCUT2D eigenvalue weighted by Gasteiger charge is -2.13. The molecule has 0 saturated heterocycles. The number of hydrogen-bond acceptors (Lipinski definition) is 5. The quantitative estimate of drug-likeness (QED) is 0.596. The van der Waals surface area contributed by atoms with Crippen molar-refractivity contribution in [1.29, 1.82) is 0 Å². The van der Waals surface area contributed by atoms with Crippen LogP contribution < -0.4 is 16.8 Å². The number of aromatic amines is 1. The van der Waals surface area contributed by atoms with E-state index in [4.69, 9.17) is 5.73 Å². The molecule has 0 unspecified atom stereocenters. The number of aromatic nitrogens is 1. The van der Waals surface area contributed by atoms with Crippen LogP contribution >= 0.6 is 0 Å². The Bertz CT molecular complexity index is 878. The van der Waals surface area contributed by atoms with E-state index in [1.807, 2.05) is 24.2 Å². The average Bonchev–Trinajstić information content (AvgIpc) is 3.18. The van der Waals surface area contributed by atoms with Crippen molar-refractivity contribution in [3.63, 3.8) is 0 Å². The number of para-hydroxylation sites is 1. The third-order valence-corrected chi connectivity index (χ3v) is 4.11. The molecular formula is C17H18N6. The molecule has 2 heterocycles. The second kappa shape index (κ2) is 5.42. The zero-order valence-electron chi connectivity index (χ0n) is 12.8. The number of benzene rings is 2. The zero-order valence-corrected chi connectivity index (χ0v) is 12.8. The average molecular weight is 306 g/mol. The van der Waals surface area contributed by atoms with Gasteiger partial charge in [0.25, 0.3) is 0 Å². The minimum Gasteiger partial charge on any atom is -0.351 e. The van der Waals surface area contributed by atoms with E-state index in [0.29, 0.717) is 6.54 Å². The van der Waals surface area contributed by atoms with Gasteiger partial charge in [-0.2, -0.15) is 0 Å². The molecule has 0 saturated carbocycles. The van der Waals surface area contributed by atoms with Crippen LogP contribution in [0.5, 0.6) is 0 Å². The number of nitrogens with zero attached hydrogens (tertiary/aromatic N) is 2. The molecule has 1 aliphatic rings. The lowest BCUT2D eigenvalue weighted by molar-refractivity contribution is 0.348. The van der Waals surface area contributed by atoms with Gasteiger partial charge < -0.3 is 10.7 Å². The highest BCUT2D eigenvalue weighted by Crippen LogP contribution is 2.33. The van der Waals surface area contributed by atoms with Crippen molar-refractivity contribution in [2.24, 2.45) is 10.8 Å². The SMILES string of the molecule is CN1NNN=C1c1[nH]c2ccccc2c1-c1ccc(CN)cc1. The maximum Gasteiger partial charge on any atom is 0.189 e. The predicted octanol–water partition coefficient (Wildman–Crippen LogP) is 1.91. The van der Waals surface area contributed by atoms with Crippen LogP contribution in [0.1, 0.15) is 11.3 Å². The van der Waals surface area contributed by atoms with Gasteiger partial charge in [0.05, 0.1) is 5.69 Å². The molecule has 0 spiro atoms. The fraction of sp³-hybridized carbons (Fsp3) is 0.118. The highest BCUT2D eigenvalue weighted by atomic mass is 15.8. The normalized spacial score (nSPS) is 14.2. The molecule has 23 heavy (non-hydrogen) atoms. The Labute approximate surface area is 133 Å². The molecule has 1 aromatic heterocycles. The van der Waals surface area contributed by atoms with Gasteiger partial charge in [-0.05, 0) is 17.2 Å². The summed E-state index contributed by atoms with van der Waals surface area (Å²) in [5.74, 6) is 0.819. The number of rotatable bonds is 3. The van der Waals surface area contributed by atoms with Gasteiger partial charge in [-0.1, -0.05) is 42.5 Å². The third-order valence-electron chi connectivity index (χ3n) is 4.11. The van der Waals surface area contributed by atoms with Gasteiger partial charge in [0, 0.05) is 30.1 Å². The smallest absolute Gasteiger partial charge is 0.189 e. The maximum absolute atomic E-state index is 5.71. The summed E-state index contributed by atoms with van der Waals surface area (Å²) in [6.07, 6.45) is 0. The lowest BCUT2D eigenvalue weighted by Crippen LogP contribution is -2.37. The van der Waals surface area contributed by atoms with E-state index < -0.39 is 0 Å². The summed E-state index contributed by atoms with van der Waals surface area (Å²) in [5.41, 5.74) is 16.9. The molecule has 5 N–H and O–H groups in total. The van der Waals surface area contributed by atoms with Gasteiger partial charge in [0.15, 0.2) is 5.84 Å². The highest BCUT2D eigenvalue weighted by Gasteiger charge is 2.22. The first kappa shape index (κ1) is 13.8. The molecule has 3 aromatic rings. The minimum atomic E-state index is 0.546. The Morgan fingerprint density at radius 1 is 1.09 bits per heavy atom. The van der Waals surface area contributed by atoms with Crippen LogP contribution in [0.4, 0.5) is 0 Å². The van der Waals surface area contributed by atoms with E-state index in [0.717, 1.165) is 33.7 Å². The van der Waals surface area contributed by atoms with Crippen LogP contribution in [-0.4, -0.2) is 22.9 Å². The Morgan fingerprint density at radius 2 is 1.87 bits per heavy atom. The molecule has 0 amide bonds. The first-order chi connectivity index (χ1) is 11.3. The molecule has 1 aliphatic heterocycles. The summed E-state index contributed by atoms with van der Waals surface area (Å²) in [5, 5.41) is 7.35. The largest absolute Gasteiger partial charge is 0.351 e. The molecule has 0 aliphatic carbocycles. The summed E-state index contributed by atoms with van der Waals surface area (Å²) in [6.45, 7) is 0.546. The van der Waals surface area contributed by atoms with Crippen molar-refractivity contribution in [1.82, 2.24) is 21.1 Å². The lowest BCUT2D eigenvalue weighted by atomic mass is 10.00. The predicted molar refractivity (Wildman–Crippen MR) is 92.2 cm³/mol. The number of nitrogens with two attached hydrogens (primary N) is 1. The second-order valence-corrected chi connectivity index (χ2v) is 5.54. The van der Waals surface area contributed by atoms with Gasteiger partial charge in [-0.15, -0.1) is 10.6 Å². The van der Waals surface area contributed by atoms with Crippen LogP contribution in [0.15, 0.2) is 53.6 Å². The van der Waals surface area contributed by atoms with E-state index in [1.165, 1.54) is 5.39 Å². The standard InChI is InChI=1S/C17H18N6/c1-23-17(20-21-22-23)16-15(12-8-6-11(10-18)7-9-12)13-4-2-3-5-14(13)19-16/h2-9,19,21-22H,10,18H2,1H3. The van der Waals surface area contributed by atoms with Crippen LogP contribution in [-0.2, 0) is 6.54 Å². The van der Waals surface area contributed by atoms with Gasteiger partial charge in [-0.3, -0.25) is 5.01 Å². The van der Waals surface area contributed by atoms with Gasteiger partial charge in [0.1, 0.15) is 0 Å². The highest BCUT2D eigenvalue weighted by molar-refractivity contribution is 6.11. The summed E-state index contributed by atoms with van der Waals surface area (Å²) in [4.78, 5) is 3.49. The number of hydrazine groups is 2. The molecule has 2 aromatic carbocycles. The fourth-order valence-electron chi connectivity index (χ4n) is 2.92. The molecule has 0 atom stereocenters. The van der Waals surface area contributed by atoms with Crippen LogP contribution in [0.2, 0.25) is 0 Å². The monoisotopic (exact) mass is 306 g/mol. The fourth-order valence-corrected chi connectivity index (χ4v) is 2.92. The van der Waals surface area contributed by atoms with E-state index in [-0.39, 0.29) is 0 Å². The van der Waals surface area contributed by atoms with E-state index >= 15 is 0 Å². The minimum absolute atomic E-state index is 0.546. The Morgan fingerprint density at radius 3 is 2.57 bits per heavy atom. The van der Waals surface area contributed by atoms with Crippen molar-refractivity contribution in [3.8, 4) is 11.1 Å². The van der Waals surface area contributed by atoms with Gasteiger partial charge in [-0.25, -0.2) is 5.53 Å². The van der Waals surface area contributed by atoms with Crippen molar-refractivity contribution >= 4 is 16.7 Å². The third kappa shape index (κ3) is 2.25. The van der Waals surface area contributed by atoms with E-state index in [2.05, 4.69) is 57.6 Å². The van der Waals surface area contributed by atoms with Crippen LogP contribution in [0.25, 0.3) is 22.0 Å². The Hall–Kier alpha value is -2.83. The molecule has 6 heteroatoms. The zero-order chi connectivity index (χ0) is 15.8. The molecule has 4 rings (SSSR count). The van der Waals surface area contributed by atoms with Crippen molar-refractivity contribution in [3.05, 3.63) is 59.8 Å². The Kier molecular flexibility index (Phi) is 3.25. The number of fused-ring (bicyclic) bond motifs is 1. The molecule has 0 radical (unpaired) electrons. The topological polar surface area (TPSA) is 81.5 Å². The number of nitrogens with one attached hydrogen (secondary N) is 3. The summed E-state index contributed by atoms with van der Waals surface area (Å²) >= 11 is 0. The number of H-pyrrole nitrogens is 1. The number of hydrazone groups is 1. The van der Waals surface area contributed by atoms with Crippen molar-refractivity contribution in [2.45, 2.75) is 6.54 Å². The second-order valence-electron chi connectivity index (χ2n) is 5.54. The molecular weight excluding hydrogens is 288 g/mol. The van der Waals surface area contributed by atoms with Crippen LogP contribution in [0, 0.1) is 0 Å². The Balaban J connectivity index is 1.95. The van der Waals surface area contributed by atoms with E-state index in [1.54, 1.807) is 0 Å². The molecule has 0 bridgehead atoms. The first-order valence-electron chi connectivity index (χ1n) is 7.50. The number of amidine groups is 1. The maximum atomic E-state index is 5.71. The van der Waals surface area contributed by atoms with Crippen LogP contribution in [0.3, 0.4) is 0 Å². The van der Waals surface area contributed by atoms with Gasteiger partial charge >= 0.3 is 0 Å². The summed E-state index contributed by atoms with van der Waals surface area (Å²) in [6, 6.07) is 16.6. The summed E-state index contributed by atoms with van der Waals surface area (Å²) in [7, 11) is 1.92. The number of hydrogen-bond donors (Lipinski definition) is 4. The summed E-state index contributed by atoms with van der Waals surface area (Å²) < 4.78 is 0. The van der Waals surface area contributed by atoms with Crippen molar-refractivity contribution in [2.75, 3.05) is 7.05 Å². The molecule has 6 nitrogen and oxygen atoms in total. The molecule has 116 valence electrons. The van der Waals surface area contributed by atoms with Crippen molar-refractivity contribution < 1.29 is 0 Å². The van der Waals surface area contributed by atoms with Gasteiger partial charge in [0.2, 0.25) is 0 Å². The first-order valence-corrected chi connectivity index (χ1v) is 7.50. The molecule has 0 fully saturated rings. The van der Waals surface area contributed by atoms with E-state index in [9.17, 15) is 0 Å².